The van der Waals surface area contributed by atoms with Crippen molar-refractivity contribution < 1.29 is 38.7 Å². The molecule has 0 unspecified atom stereocenters. The largest absolute Gasteiger partial charge is 0.508 e. The van der Waals surface area contributed by atoms with E-state index in [1.807, 2.05) is 26.0 Å². The molecule has 0 heterocycles. The summed E-state index contributed by atoms with van der Waals surface area (Å²) in [6.45, 7) is 16.9. The van der Waals surface area contributed by atoms with Gasteiger partial charge in [-0.3, -0.25) is 9.59 Å². The summed E-state index contributed by atoms with van der Waals surface area (Å²) in [5.74, 6) is -0.114. The highest BCUT2D eigenvalue weighted by molar-refractivity contribution is 5.70. The van der Waals surface area contributed by atoms with Gasteiger partial charge in [0, 0.05) is 12.8 Å². The molecule has 8 heteroatoms. The topological polar surface area (TPSA) is 112 Å². The molecular formula is C33H48O8. The van der Waals surface area contributed by atoms with E-state index in [0.29, 0.717) is 12.8 Å². The van der Waals surface area contributed by atoms with E-state index in [1.54, 1.807) is 12.1 Å². The molecule has 0 saturated carbocycles. The Morgan fingerprint density at radius 1 is 0.634 bits per heavy atom. The zero-order valence-electron chi connectivity index (χ0n) is 26.0. The molecule has 0 saturated heterocycles. The monoisotopic (exact) mass is 572 g/mol. The van der Waals surface area contributed by atoms with Gasteiger partial charge in [0.15, 0.2) is 0 Å². The summed E-state index contributed by atoms with van der Waals surface area (Å²) in [5.41, 5.74) is 5.53. The van der Waals surface area contributed by atoms with Crippen LogP contribution in [0.25, 0.3) is 0 Å². The first-order valence-electron chi connectivity index (χ1n) is 14.2. The molecule has 0 atom stereocenters. The molecule has 0 bridgehead atoms. The van der Waals surface area contributed by atoms with Gasteiger partial charge in [-0.25, -0.2) is 0 Å². The predicted molar refractivity (Wildman–Crippen MR) is 158 cm³/mol. The van der Waals surface area contributed by atoms with E-state index in [2.05, 4.69) is 41.5 Å². The third-order valence-corrected chi connectivity index (χ3v) is 6.89. The van der Waals surface area contributed by atoms with E-state index < -0.39 is 0 Å². The van der Waals surface area contributed by atoms with Gasteiger partial charge >= 0.3 is 11.9 Å². The minimum Gasteiger partial charge on any atom is -0.508 e. The van der Waals surface area contributed by atoms with Crippen molar-refractivity contribution in [1.29, 1.82) is 0 Å². The summed E-state index contributed by atoms with van der Waals surface area (Å²) in [7, 11) is 0. The molecule has 0 aliphatic carbocycles. The number of esters is 2. The summed E-state index contributed by atoms with van der Waals surface area (Å²) in [6.07, 6.45) is 1.53. The van der Waals surface area contributed by atoms with Gasteiger partial charge in [-0.2, -0.15) is 0 Å². The van der Waals surface area contributed by atoms with E-state index in [9.17, 15) is 19.8 Å². The zero-order chi connectivity index (χ0) is 30.8. The van der Waals surface area contributed by atoms with Crippen molar-refractivity contribution in [2.75, 3.05) is 33.2 Å². The molecular weight excluding hydrogens is 524 g/mol. The fourth-order valence-electron chi connectivity index (χ4n) is 5.24. The van der Waals surface area contributed by atoms with Gasteiger partial charge in [-0.05, 0) is 83.0 Å². The Bertz CT molecular complexity index is 1080. The smallest absolute Gasteiger partial charge is 0.306 e. The first-order valence-corrected chi connectivity index (χ1v) is 14.2. The lowest BCUT2D eigenvalue weighted by atomic mass is 9.79. The third-order valence-electron chi connectivity index (χ3n) is 6.89. The van der Waals surface area contributed by atoms with Gasteiger partial charge in [0.05, 0.1) is 13.2 Å². The van der Waals surface area contributed by atoms with Crippen LogP contribution in [-0.4, -0.2) is 55.4 Å². The van der Waals surface area contributed by atoms with Crippen molar-refractivity contribution in [3.8, 4) is 11.5 Å². The number of ether oxygens (including phenoxy) is 4. The Morgan fingerprint density at radius 3 is 1.34 bits per heavy atom. The van der Waals surface area contributed by atoms with E-state index in [0.717, 1.165) is 33.4 Å². The molecule has 2 aromatic rings. The summed E-state index contributed by atoms with van der Waals surface area (Å²) in [6, 6.07) is 7.07. The molecule has 2 rings (SSSR count). The number of aromatic hydroxyl groups is 2. The minimum atomic E-state index is -0.316. The second kappa shape index (κ2) is 15.2. The SMILES string of the molecule is Cc1c(O)ccc(CCC(=O)OCCOCOCCOC(=O)CCc2ccc(O)c(C)c2C(C)(C)C)c1C(C)(C)C. The lowest BCUT2D eigenvalue weighted by Gasteiger charge is -2.26. The number of hydrogen-bond acceptors (Lipinski definition) is 8. The van der Waals surface area contributed by atoms with Gasteiger partial charge in [-0.1, -0.05) is 53.7 Å². The highest BCUT2D eigenvalue weighted by Gasteiger charge is 2.23. The van der Waals surface area contributed by atoms with Gasteiger partial charge in [0.25, 0.3) is 0 Å². The number of hydrogen-bond donors (Lipinski definition) is 2. The zero-order valence-corrected chi connectivity index (χ0v) is 26.0. The van der Waals surface area contributed by atoms with Gasteiger partial charge in [0.2, 0.25) is 0 Å². The maximum absolute atomic E-state index is 12.2. The molecule has 0 fully saturated rings. The van der Waals surface area contributed by atoms with E-state index >= 15 is 0 Å². The highest BCUT2D eigenvalue weighted by Crippen LogP contribution is 2.35. The second-order valence-corrected chi connectivity index (χ2v) is 12.4. The van der Waals surface area contributed by atoms with Crippen LogP contribution in [0.4, 0.5) is 0 Å². The lowest BCUT2D eigenvalue weighted by Crippen LogP contribution is -2.18. The molecule has 0 amide bonds. The number of phenolic OH excluding ortho intramolecular Hbond substituents is 2. The van der Waals surface area contributed by atoms with Crippen molar-refractivity contribution in [1.82, 2.24) is 0 Å². The first kappa shape index (κ1) is 34.1. The van der Waals surface area contributed by atoms with E-state index in [4.69, 9.17) is 18.9 Å². The van der Waals surface area contributed by atoms with Crippen LogP contribution in [-0.2, 0) is 52.2 Å². The van der Waals surface area contributed by atoms with Crippen LogP contribution in [0.3, 0.4) is 0 Å². The number of carbonyl (C=O) groups excluding carboxylic acids is 2. The quantitative estimate of drug-likeness (QED) is 0.162. The van der Waals surface area contributed by atoms with Crippen molar-refractivity contribution in [3.05, 3.63) is 57.6 Å². The highest BCUT2D eigenvalue weighted by atomic mass is 16.7. The van der Waals surface area contributed by atoms with E-state index in [1.165, 1.54) is 0 Å². The molecule has 228 valence electrons. The molecule has 0 aromatic heterocycles. The number of rotatable bonds is 14. The number of benzene rings is 2. The van der Waals surface area contributed by atoms with Crippen LogP contribution in [0.2, 0.25) is 0 Å². The van der Waals surface area contributed by atoms with Gasteiger partial charge < -0.3 is 29.2 Å². The fourth-order valence-corrected chi connectivity index (χ4v) is 5.24. The van der Waals surface area contributed by atoms with Crippen LogP contribution in [0.1, 0.15) is 87.8 Å². The molecule has 41 heavy (non-hydrogen) atoms. The van der Waals surface area contributed by atoms with Crippen molar-refractivity contribution in [2.24, 2.45) is 0 Å². The van der Waals surface area contributed by atoms with Crippen LogP contribution < -0.4 is 0 Å². The first-order chi connectivity index (χ1) is 19.1. The average molecular weight is 573 g/mol. The molecule has 0 radical (unpaired) electrons. The maximum Gasteiger partial charge on any atom is 0.306 e. The van der Waals surface area contributed by atoms with Gasteiger partial charge in [-0.15, -0.1) is 0 Å². The summed E-state index contributed by atoms with van der Waals surface area (Å²) < 4.78 is 21.2. The molecule has 8 nitrogen and oxygen atoms in total. The fraction of sp³-hybridized carbons (Fsp3) is 0.576. The number of carbonyl (C=O) groups is 2. The van der Waals surface area contributed by atoms with Crippen LogP contribution in [0.5, 0.6) is 11.5 Å². The minimum absolute atomic E-state index is 0.00143. The molecule has 2 N–H and O–H groups in total. The average Bonchev–Trinajstić information content (AvgIpc) is 2.87. The van der Waals surface area contributed by atoms with Crippen molar-refractivity contribution >= 4 is 11.9 Å². The Morgan fingerprint density at radius 2 is 1.00 bits per heavy atom. The third kappa shape index (κ3) is 10.7. The molecule has 0 aliphatic rings. The molecule has 0 aliphatic heterocycles. The van der Waals surface area contributed by atoms with E-state index in [-0.39, 0.29) is 80.3 Å². The lowest BCUT2D eigenvalue weighted by molar-refractivity contribution is -0.149. The molecule has 2 aromatic carbocycles. The summed E-state index contributed by atoms with van der Waals surface area (Å²) in [5, 5.41) is 20.2. The predicted octanol–water partition coefficient (Wildman–Crippen LogP) is 5.95. The standard InChI is InChI=1S/C33H48O8/c1-22-26(34)13-9-24(30(22)32(3,4)5)11-15-28(36)40-19-17-38-21-39-18-20-41-29(37)16-12-25-10-14-27(35)23(2)31(25)33(6,7)8/h9-10,13-14,34-35H,11-12,15-21H2,1-8H3. The maximum atomic E-state index is 12.2. The molecule has 0 spiro atoms. The summed E-state index contributed by atoms with van der Waals surface area (Å²) in [4.78, 5) is 24.4. The van der Waals surface area contributed by atoms with Gasteiger partial charge in [0.1, 0.15) is 31.5 Å². The van der Waals surface area contributed by atoms with Crippen molar-refractivity contribution in [2.45, 2.75) is 91.9 Å². The Labute approximate surface area is 245 Å². The normalized spacial score (nSPS) is 11.9. The Hall–Kier alpha value is -3.10. The number of aryl methyl sites for hydroxylation is 2. The van der Waals surface area contributed by atoms with Crippen LogP contribution in [0.15, 0.2) is 24.3 Å². The second-order valence-electron chi connectivity index (χ2n) is 12.4. The Balaban J connectivity index is 1.59. The van der Waals surface area contributed by atoms with Crippen LogP contribution >= 0.6 is 0 Å². The Kier molecular flexibility index (Phi) is 12.7. The van der Waals surface area contributed by atoms with Crippen LogP contribution in [0, 0.1) is 13.8 Å². The summed E-state index contributed by atoms with van der Waals surface area (Å²) >= 11 is 0. The van der Waals surface area contributed by atoms with Crippen molar-refractivity contribution in [3.63, 3.8) is 0 Å². The number of phenols is 2.